The second-order valence-electron chi connectivity index (χ2n) is 5.00. The van der Waals surface area contributed by atoms with Crippen molar-refractivity contribution in [1.29, 1.82) is 0 Å². The molecule has 2 N–H and O–H groups in total. The molecule has 0 aliphatic carbocycles. The Balaban J connectivity index is 1.75. The third-order valence-corrected chi connectivity index (χ3v) is 4.54. The molecule has 2 aliphatic heterocycles. The number of piperidine rings is 1. The van der Waals surface area contributed by atoms with Gasteiger partial charge >= 0.3 is 5.97 Å². The summed E-state index contributed by atoms with van der Waals surface area (Å²) < 4.78 is 0. The van der Waals surface area contributed by atoms with Crippen LogP contribution in [-0.2, 0) is 9.59 Å². The lowest BCUT2D eigenvalue weighted by Gasteiger charge is -2.33. The molecule has 0 saturated carbocycles. The predicted octanol–water partition coefficient (Wildman–Crippen LogP) is 0.915. The molecular formula is C12H18N2O4S. The van der Waals surface area contributed by atoms with Crippen molar-refractivity contribution < 1.29 is 19.5 Å². The minimum atomic E-state index is -0.760. The van der Waals surface area contributed by atoms with Gasteiger partial charge in [-0.3, -0.25) is 14.4 Å². The molecule has 1 atom stereocenters. The lowest BCUT2D eigenvalue weighted by Crippen LogP contribution is -2.48. The monoisotopic (exact) mass is 286 g/mol. The normalized spacial score (nSPS) is 24.3. The number of carboxylic acids is 1. The Bertz CT molecular complexity index is 380. The number of nitrogens with one attached hydrogen (secondary N) is 1. The molecule has 19 heavy (non-hydrogen) atoms. The van der Waals surface area contributed by atoms with Gasteiger partial charge in [-0.2, -0.15) is 0 Å². The summed E-state index contributed by atoms with van der Waals surface area (Å²) in [7, 11) is 0. The Labute approximate surface area is 115 Å². The number of thioether (sulfide) groups is 1. The van der Waals surface area contributed by atoms with E-state index in [0.29, 0.717) is 31.2 Å². The molecule has 1 unspecified atom stereocenters. The van der Waals surface area contributed by atoms with Crippen LogP contribution in [0.15, 0.2) is 0 Å². The van der Waals surface area contributed by atoms with Crippen LogP contribution in [0.5, 0.6) is 0 Å². The maximum Gasteiger partial charge on any atom is 0.303 e. The molecule has 0 aromatic heterocycles. The zero-order valence-corrected chi connectivity index (χ0v) is 11.4. The van der Waals surface area contributed by atoms with Crippen LogP contribution in [0.1, 0.15) is 25.7 Å². The van der Waals surface area contributed by atoms with Crippen molar-refractivity contribution in [2.24, 2.45) is 5.92 Å². The fraction of sp³-hybridized carbons (Fsp3) is 0.750. The molecule has 7 heteroatoms. The van der Waals surface area contributed by atoms with E-state index in [1.165, 1.54) is 0 Å². The van der Waals surface area contributed by atoms with Crippen molar-refractivity contribution in [3.63, 3.8) is 0 Å². The molecule has 6 nitrogen and oxygen atoms in total. The number of carbonyl (C=O) groups is 3. The Kier molecular flexibility index (Phi) is 4.68. The van der Waals surface area contributed by atoms with E-state index >= 15 is 0 Å². The predicted molar refractivity (Wildman–Crippen MR) is 71.0 cm³/mol. The number of hydrogen-bond acceptors (Lipinski definition) is 4. The van der Waals surface area contributed by atoms with E-state index in [4.69, 9.17) is 5.11 Å². The highest BCUT2D eigenvalue weighted by atomic mass is 32.2. The van der Waals surface area contributed by atoms with Crippen molar-refractivity contribution in [1.82, 2.24) is 10.2 Å². The van der Waals surface area contributed by atoms with Crippen molar-refractivity contribution in [2.45, 2.75) is 31.7 Å². The van der Waals surface area contributed by atoms with E-state index in [1.54, 1.807) is 4.90 Å². The summed E-state index contributed by atoms with van der Waals surface area (Å²) in [6, 6.07) is -0.381. The van der Waals surface area contributed by atoms with Crippen molar-refractivity contribution in [3.05, 3.63) is 0 Å². The standard InChI is InChI=1S/C12H18N2O4S/c15-10(16)2-1-8-3-5-14(6-4-8)11(17)9-7-19-12(18)13-9/h8-9H,1-7H2,(H,13,18)(H,15,16). The summed E-state index contributed by atoms with van der Waals surface area (Å²) in [5, 5.41) is 11.2. The summed E-state index contributed by atoms with van der Waals surface area (Å²) >= 11 is 1.15. The van der Waals surface area contributed by atoms with Gasteiger partial charge in [-0.1, -0.05) is 11.8 Å². The van der Waals surface area contributed by atoms with E-state index in [-0.39, 0.29) is 23.6 Å². The first kappa shape index (κ1) is 14.2. The Morgan fingerprint density at radius 2 is 2.05 bits per heavy atom. The zero-order valence-electron chi connectivity index (χ0n) is 10.6. The molecule has 2 fully saturated rings. The summed E-state index contributed by atoms with van der Waals surface area (Å²) in [5.74, 6) is 0.142. The molecule has 0 bridgehead atoms. The fourth-order valence-electron chi connectivity index (χ4n) is 2.51. The van der Waals surface area contributed by atoms with Crippen LogP contribution in [0, 0.1) is 5.92 Å². The first-order valence-electron chi connectivity index (χ1n) is 6.50. The van der Waals surface area contributed by atoms with E-state index in [2.05, 4.69) is 5.32 Å². The van der Waals surface area contributed by atoms with Crippen molar-refractivity contribution in [3.8, 4) is 0 Å². The molecule has 2 rings (SSSR count). The maximum absolute atomic E-state index is 12.1. The zero-order chi connectivity index (χ0) is 13.8. The molecule has 2 heterocycles. The Morgan fingerprint density at radius 3 is 2.58 bits per heavy atom. The molecule has 0 spiro atoms. The van der Waals surface area contributed by atoms with Crippen LogP contribution in [-0.4, -0.2) is 52.0 Å². The average molecular weight is 286 g/mol. The van der Waals surface area contributed by atoms with E-state index in [1.807, 2.05) is 0 Å². The number of aliphatic carboxylic acids is 1. The number of amides is 2. The molecule has 0 radical (unpaired) electrons. The number of rotatable bonds is 4. The summed E-state index contributed by atoms with van der Waals surface area (Å²) in [4.78, 5) is 35.5. The molecular weight excluding hydrogens is 268 g/mol. The van der Waals surface area contributed by atoms with E-state index in [0.717, 1.165) is 24.6 Å². The van der Waals surface area contributed by atoms with Crippen LogP contribution in [0.2, 0.25) is 0 Å². The van der Waals surface area contributed by atoms with Gasteiger partial charge in [0.25, 0.3) is 5.24 Å². The highest BCUT2D eigenvalue weighted by molar-refractivity contribution is 8.14. The van der Waals surface area contributed by atoms with E-state index in [9.17, 15) is 14.4 Å². The largest absolute Gasteiger partial charge is 0.481 e. The van der Waals surface area contributed by atoms with E-state index < -0.39 is 5.97 Å². The fourth-order valence-corrected chi connectivity index (χ4v) is 3.28. The first-order chi connectivity index (χ1) is 9.06. The average Bonchev–Trinajstić information content (AvgIpc) is 2.83. The highest BCUT2D eigenvalue weighted by Crippen LogP contribution is 2.23. The second-order valence-corrected chi connectivity index (χ2v) is 5.99. The van der Waals surface area contributed by atoms with Crippen LogP contribution in [0.4, 0.5) is 4.79 Å². The van der Waals surface area contributed by atoms with Gasteiger partial charge in [0.05, 0.1) is 0 Å². The van der Waals surface area contributed by atoms with Crippen LogP contribution in [0.3, 0.4) is 0 Å². The van der Waals surface area contributed by atoms with Crippen LogP contribution in [0.25, 0.3) is 0 Å². The lowest BCUT2D eigenvalue weighted by molar-refractivity contribution is -0.138. The highest BCUT2D eigenvalue weighted by Gasteiger charge is 2.33. The third-order valence-electron chi connectivity index (χ3n) is 3.66. The van der Waals surface area contributed by atoms with Gasteiger partial charge in [0.15, 0.2) is 0 Å². The first-order valence-corrected chi connectivity index (χ1v) is 7.48. The maximum atomic E-state index is 12.1. The number of nitrogens with zero attached hydrogens (tertiary/aromatic N) is 1. The summed E-state index contributed by atoms with van der Waals surface area (Å²) in [5.41, 5.74) is 0. The molecule has 106 valence electrons. The number of carboxylic acid groups (broad SMARTS) is 1. The number of carbonyl (C=O) groups excluding carboxylic acids is 2. The summed E-state index contributed by atoms with van der Waals surface area (Å²) in [6.07, 6.45) is 2.60. The summed E-state index contributed by atoms with van der Waals surface area (Å²) in [6.45, 7) is 1.33. The quantitative estimate of drug-likeness (QED) is 0.802. The molecule has 2 amide bonds. The minimum absolute atomic E-state index is 0.00460. The molecule has 0 aromatic carbocycles. The second kappa shape index (κ2) is 6.27. The van der Waals surface area contributed by atoms with Crippen LogP contribution >= 0.6 is 11.8 Å². The van der Waals surface area contributed by atoms with Gasteiger partial charge in [0.1, 0.15) is 6.04 Å². The van der Waals surface area contributed by atoms with Crippen molar-refractivity contribution >= 4 is 28.9 Å². The van der Waals surface area contributed by atoms with Gasteiger partial charge in [-0.15, -0.1) is 0 Å². The number of likely N-dealkylation sites (tertiary alicyclic amines) is 1. The van der Waals surface area contributed by atoms with Gasteiger partial charge in [-0.05, 0) is 25.2 Å². The topological polar surface area (TPSA) is 86.7 Å². The van der Waals surface area contributed by atoms with Gasteiger partial charge in [-0.25, -0.2) is 0 Å². The minimum Gasteiger partial charge on any atom is -0.481 e. The van der Waals surface area contributed by atoms with Gasteiger partial charge in [0.2, 0.25) is 5.91 Å². The van der Waals surface area contributed by atoms with Gasteiger partial charge in [0, 0.05) is 25.3 Å². The number of hydrogen-bond donors (Lipinski definition) is 2. The van der Waals surface area contributed by atoms with Gasteiger partial charge < -0.3 is 15.3 Å². The third kappa shape index (κ3) is 3.86. The van der Waals surface area contributed by atoms with Crippen molar-refractivity contribution in [2.75, 3.05) is 18.8 Å². The van der Waals surface area contributed by atoms with Crippen LogP contribution < -0.4 is 5.32 Å². The molecule has 2 aliphatic rings. The molecule has 0 aromatic rings. The Hall–Kier alpha value is -1.24. The SMILES string of the molecule is O=C(O)CCC1CCN(C(=O)C2CSC(=O)N2)CC1. The lowest BCUT2D eigenvalue weighted by atomic mass is 9.92. The molecule has 2 saturated heterocycles. The smallest absolute Gasteiger partial charge is 0.303 e. The Morgan fingerprint density at radius 1 is 1.37 bits per heavy atom.